The van der Waals surface area contributed by atoms with Crippen LogP contribution in [0.2, 0.25) is 0 Å². The summed E-state index contributed by atoms with van der Waals surface area (Å²) in [7, 11) is 0. The molecule has 3 heteroatoms. The van der Waals surface area contributed by atoms with Crippen molar-refractivity contribution in [1.29, 1.82) is 5.41 Å². The summed E-state index contributed by atoms with van der Waals surface area (Å²) in [6.07, 6.45) is 6.50. The first-order valence-corrected chi connectivity index (χ1v) is 6.26. The lowest BCUT2D eigenvalue weighted by Gasteiger charge is -2.36. The minimum atomic E-state index is 0.348. The van der Waals surface area contributed by atoms with E-state index < -0.39 is 0 Å². The highest BCUT2D eigenvalue weighted by Crippen LogP contribution is 2.27. The second-order valence-corrected chi connectivity index (χ2v) is 4.71. The zero-order valence-electron chi connectivity index (χ0n) is 9.67. The lowest BCUT2D eigenvalue weighted by molar-refractivity contribution is -0.00868. The summed E-state index contributed by atoms with van der Waals surface area (Å²) < 4.78 is 5.63. The second kappa shape index (κ2) is 4.97. The van der Waals surface area contributed by atoms with Gasteiger partial charge in [-0.05, 0) is 19.3 Å². The Morgan fingerprint density at radius 1 is 1.40 bits per heavy atom. The van der Waals surface area contributed by atoms with E-state index in [1.54, 1.807) is 0 Å². The number of morpholine rings is 1. The summed E-state index contributed by atoms with van der Waals surface area (Å²) in [4.78, 5) is 2.24. The molecule has 1 N–H and O–H groups in total. The monoisotopic (exact) mass is 210 g/mol. The molecule has 1 atom stereocenters. The highest BCUT2D eigenvalue weighted by atomic mass is 16.5. The van der Waals surface area contributed by atoms with Crippen LogP contribution in [0, 0.1) is 11.3 Å². The van der Waals surface area contributed by atoms with E-state index in [2.05, 4.69) is 11.8 Å². The smallest absolute Gasteiger partial charge is 0.0991 e. The predicted molar refractivity (Wildman–Crippen MR) is 61.3 cm³/mol. The Morgan fingerprint density at radius 2 is 2.13 bits per heavy atom. The minimum absolute atomic E-state index is 0.348. The number of nitrogens with one attached hydrogen (secondary N) is 1. The fourth-order valence-corrected chi connectivity index (χ4v) is 2.64. The van der Waals surface area contributed by atoms with Crippen LogP contribution >= 0.6 is 0 Å². The highest BCUT2D eigenvalue weighted by Gasteiger charge is 2.27. The molecule has 1 heterocycles. The molecule has 1 saturated heterocycles. The first-order valence-electron chi connectivity index (χ1n) is 6.26. The summed E-state index contributed by atoms with van der Waals surface area (Å²) in [6.45, 7) is 4.82. The van der Waals surface area contributed by atoms with Crippen molar-refractivity contribution < 1.29 is 4.74 Å². The maximum atomic E-state index is 8.22. The summed E-state index contributed by atoms with van der Waals surface area (Å²) in [6, 6.07) is 0. The fourth-order valence-electron chi connectivity index (χ4n) is 2.64. The minimum Gasteiger partial charge on any atom is -0.375 e. The van der Waals surface area contributed by atoms with Crippen molar-refractivity contribution >= 4 is 5.84 Å². The molecular formula is C12H22N2O. The van der Waals surface area contributed by atoms with Gasteiger partial charge in [0, 0.05) is 19.0 Å². The van der Waals surface area contributed by atoms with E-state index in [4.69, 9.17) is 10.1 Å². The fraction of sp³-hybridized carbons (Fsp3) is 0.917. The number of hydrogen-bond acceptors (Lipinski definition) is 2. The molecule has 1 unspecified atom stereocenters. The van der Waals surface area contributed by atoms with Crippen molar-refractivity contribution in [2.75, 3.05) is 19.7 Å². The van der Waals surface area contributed by atoms with Crippen molar-refractivity contribution in [3.63, 3.8) is 0 Å². The molecule has 0 radical (unpaired) electrons. The summed E-state index contributed by atoms with van der Waals surface area (Å²) in [5.74, 6) is 1.43. The van der Waals surface area contributed by atoms with Crippen LogP contribution in [-0.2, 0) is 4.74 Å². The van der Waals surface area contributed by atoms with Crippen LogP contribution in [0.25, 0.3) is 0 Å². The van der Waals surface area contributed by atoms with Crippen molar-refractivity contribution in [3.8, 4) is 0 Å². The van der Waals surface area contributed by atoms with Gasteiger partial charge < -0.3 is 9.64 Å². The van der Waals surface area contributed by atoms with Gasteiger partial charge in [0.15, 0.2) is 0 Å². The predicted octanol–water partition coefficient (Wildman–Crippen LogP) is 2.26. The molecule has 1 aliphatic heterocycles. The number of ether oxygens (including phenoxy) is 1. The largest absolute Gasteiger partial charge is 0.375 e. The number of nitrogens with zero attached hydrogens (tertiary/aromatic N) is 1. The third kappa shape index (κ3) is 2.51. The van der Waals surface area contributed by atoms with Gasteiger partial charge in [-0.1, -0.05) is 19.8 Å². The van der Waals surface area contributed by atoms with Gasteiger partial charge in [0.25, 0.3) is 0 Å². The second-order valence-electron chi connectivity index (χ2n) is 4.71. The Bertz CT molecular complexity index is 224. The molecule has 2 rings (SSSR count). The van der Waals surface area contributed by atoms with Crippen LogP contribution in [0.3, 0.4) is 0 Å². The van der Waals surface area contributed by atoms with Gasteiger partial charge in [-0.3, -0.25) is 5.41 Å². The molecule has 1 aliphatic carbocycles. The van der Waals surface area contributed by atoms with E-state index in [0.717, 1.165) is 32.0 Å². The highest BCUT2D eigenvalue weighted by molar-refractivity contribution is 5.82. The number of hydrogen-bond donors (Lipinski definition) is 1. The van der Waals surface area contributed by atoms with Gasteiger partial charge in [0.1, 0.15) is 0 Å². The number of rotatable bonds is 2. The standard InChI is InChI=1S/C12H22N2O/c1-2-11-9-14(7-8-15-11)12(13)10-5-3-4-6-10/h10-11,13H,2-9H2,1H3. The van der Waals surface area contributed by atoms with Gasteiger partial charge in [0.05, 0.1) is 18.5 Å². The molecule has 15 heavy (non-hydrogen) atoms. The molecule has 0 amide bonds. The normalized spacial score (nSPS) is 28.3. The Labute approximate surface area is 92.3 Å². The van der Waals surface area contributed by atoms with Gasteiger partial charge in [-0.15, -0.1) is 0 Å². The van der Waals surface area contributed by atoms with E-state index in [1.807, 2.05) is 0 Å². The van der Waals surface area contributed by atoms with E-state index >= 15 is 0 Å². The summed E-state index contributed by atoms with van der Waals surface area (Å²) in [5.41, 5.74) is 0. The summed E-state index contributed by atoms with van der Waals surface area (Å²) in [5, 5.41) is 8.22. The van der Waals surface area contributed by atoms with Crippen LogP contribution < -0.4 is 0 Å². The molecule has 86 valence electrons. The first-order chi connectivity index (χ1) is 7.31. The molecule has 3 nitrogen and oxygen atoms in total. The molecule has 1 saturated carbocycles. The van der Waals surface area contributed by atoms with Crippen molar-refractivity contribution in [2.24, 2.45) is 5.92 Å². The third-order valence-corrected chi connectivity index (χ3v) is 3.68. The zero-order valence-corrected chi connectivity index (χ0v) is 9.67. The maximum Gasteiger partial charge on any atom is 0.0991 e. The van der Waals surface area contributed by atoms with E-state index in [1.165, 1.54) is 25.7 Å². The van der Waals surface area contributed by atoms with Crippen LogP contribution in [-0.4, -0.2) is 36.5 Å². The lowest BCUT2D eigenvalue weighted by Crippen LogP contribution is -2.47. The van der Waals surface area contributed by atoms with Gasteiger partial charge in [0.2, 0.25) is 0 Å². The van der Waals surface area contributed by atoms with Gasteiger partial charge in [-0.2, -0.15) is 0 Å². The molecule has 2 aliphatic rings. The molecule has 0 aromatic rings. The third-order valence-electron chi connectivity index (χ3n) is 3.68. The quantitative estimate of drug-likeness (QED) is 0.560. The van der Waals surface area contributed by atoms with Crippen molar-refractivity contribution in [2.45, 2.75) is 45.1 Å². The lowest BCUT2D eigenvalue weighted by atomic mass is 10.1. The maximum absolute atomic E-state index is 8.22. The molecule has 0 aromatic heterocycles. The molecule has 0 spiro atoms. The van der Waals surface area contributed by atoms with E-state index in [9.17, 15) is 0 Å². The molecule has 0 bridgehead atoms. The van der Waals surface area contributed by atoms with Gasteiger partial charge in [-0.25, -0.2) is 0 Å². The van der Waals surface area contributed by atoms with Crippen molar-refractivity contribution in [3.05, 3.63) is 0 Å². The average molecular weight is 210 g/mol. The van der Waals surface area contributed by atoms with Crippen molar-refractivity contribution in [1.82, 2.24) is 4.90 Å². The number of amidine groups is 1. The van der Waals surface area contributed by atoms with Crippen LogP contribution in [0.15, 0.2) is 0 Å². The Kier molecular flexibility index (Phi) is 3.62. The van der Waals surface area contributed by atoms with Crippen LogP contribution in [0.4, 0.5) is 0 Å². The van der Waals surface area contributed by atoms with E-state index in [0.29, 0.717) is 12.0 Å². The molecular weight excluding hydrogens is 188 g/mol. The Morgan fingerprint density at radius 3 is 2.80 bits per heavy atom. The van der Waals surface area contributed by atoms with Gasteiger partial charge >= 0.3 is 0 Å². The van der Waals surface area contributed by atoms with Crippen LogP contribution in [0.1, 0.15) is 39.0 Å². The molecule has 0 aromatic carbocycles. The first kappa shape index (κ1) is 10.9. The topological polar surface area (TPSA) is 36.3 Å². The van der Waals surface area contributed by atoms with Crippen LogP contribution in [0.5, 0.6) is 0 Å². The molecule has 2 fully saturated rings. The van der Waals surface area contributed by atoms with E-state index in [-0.39, 0.29) is 0 Å². The zero-order chi connectivity index (χ0) is 10.7. The summed E-state index contributed by atoms with van der Waals surface area (Å²) >= 11 is 0. The Balaban J connectivity index is 1.88. The average Bonchev–Trinajstić information content (AvgIpc) is 2.81. The SMILES string of the molecule is CCC1CN(C(=N)C2CCCC2)CCO1. The Hall–Kier alpha value is -0.570.